The third-order valence-corrected chi connectivity index (χ3v) is 5.46. The highest BCUT2D eigenvalue weighted by molar-refractivity contribution is 14.1. The van der Waals surface area contributed by atoms with Crippen molar-refractivity contribution in [3.05, 3.63) is 51.1 Å². The normalized spacial score (nSPS) is 13.2. The summed E-state index contributed by atoms with van der Waals surface area (Å²) in [6, 6.07) is 6.55. The van der Waals surface area contributed by atoms with Gasteiger partial charge in [-0.25, -0.2) is 8.78 Å². The second-order valence-corrected chi connectivity index (χ2v) is 8.17. The van der Waals surface area contributed by atoms with E-state index in [1.807, 2.05) is 41.3 Å². The Kier molecular flexibility index (Phi) is 8.39. The Morgan fingerprint density at radius 3 is 2.47 bits per heavy atom. The summed E-state index contributed by atoms with van der Waals surface area (Å²) < 4.78 is 34.7. The maximum Gasteiger partial charge on any atom is 0.254 e. The van der Waals surface area contributed by atoms with Crippen LogP contribution in [0, 0.1) is 15.2 Å². The van der Waals surface area contributed by atoms with Gasteiger partial charge in [0.1, 0.15) is 28.7 Å². The van der Waals surface area contributed by atoms with Crippen LogP contribution in [0.25, 0.3) is 0 Å². The zero-order valence-corrected chi connectivity index (χ0v) is 19.3. The smallest absolute Gasteiger partial charge is 0.254 e. The van der Waals surface area contributed by atoms with Crippen molar-refractivity contribution in [3.63, 3.8) is 0 Å². The Labute approximate surface area is 188 Å². The first-order chi connectivity index (χ1) is 14.1. The van der Waals surface area contributed by atoms with E-state index in [2.05, 4.69) is 5.32 Å². The molecule has 30 heavy (non-hydrogen) atoms. The highest BCUT2D eigenvalue weighted by Gasteiger charge is 2.27. The second-order valence-electron chi connectivity index (χ2n) is 6.93. The molecule has 0 aliphatic heterocycles. The summed E-state index contributed by atoms with van der Waals surface area (Å²) in [7, 11) is 0. The fourth-order valence-corrected chi connectivity index (χ4v) is 3.65. The topological polar surface area (TPSA) is 87.8 Å². The molecule has 2 aromatic carbocycles. The maximum absolute atomic E-state index is 14.2. The van der Waals surface area contributed by atoms with E-state index in [-0.39, 0.29) is 35.7 Å². The highest BCUT2D eigenvalue weighted by Crippen LogP contribution is 2.32. The Balaban J connectivity index is 2.29. The Bertz CT molecular complexity index is 905. The minimum absolute atomic E-state index is 0.00638. The molecular formula is C21H26F2IN3O3. The van der Waals surface area contributed by atoms with Crippen LogP contribution in [0.15, 0.2) is 30.3 Å². The number of benzene rings is 2. The number of amides is 1. The third-order valence-electron chi connectivity index (χ3n) is 4.79. The number of nitrogens with two attached hydrogens (primary N) is 1. The Morgan fingerprint density at radius 1 is 1.23 bits per heavy atom. The lowest BCUT2D eigenvalue weighted by Crippen LogP contribution is -2.47. The number of hydrogen-bond acceptors (Lipinski definition) is 5. The van der Waals surface area contributed by atoms with Gasteiger partial charge in [0.15, 0.2) is 0 Å². The summed E-state index contributed by atoms with van der Waals surface area (Å²) in [5.74, 6) is -2.17. The van der Waals surface area contributed by atoms with Crippen molar-refractivity contribution < 1.29 is 23.4 Å². The van der Waals surface area contributed by atoms with Crippen molar-refractivity contribution in [2.24, 2.45) is 5.73 Å². The molecule has 0 radical (unpaired) electrons. The molecule has 1 unspecified atom stereocenters. The number of nitrogens with one attached hydrogen (secondary N) is 1. The lowest BCUT2D eigenvalue weighted by atomic mass is 10.1. The minimum Gasteiger partial charge on any atom is -0.492 e. The molecule has 0 fully saturated rings. The van der Waals surface area contributed by atoms with Gasteiger partial charge in [0.25, 0.3) is 5.91 Å². The molecular weight excluding hydrogens is 507 g/mol. The predicted octanol–water partition coefficient (Wildman–Crippen LogP) is 4.23. The molecule has 0 saturated carbocycles. The lowest BCUT2D eigenvalue weighted by molar-refractivity contribution is -0.100. The number of carbonyl (C=O) groups excluding carboxylic acids is 1. The fraction of sp³-hybridized carbons (Fsp3) is 0.381. The van der Waals surface area contributed by atoms with Gasteiger partial charge in [-0.2, -0.15) is 0 Å². The maximum atomic E-state index is 14.2. The van der Waals surface area contributed by atoms with E-state index >= 15 is 0 Å². The van der Waals surface area contributed by atoms with Crippen LogP contribution in [0.3, 0.4) is 0 Å². The van der Waals surface area contributed by atoms with Gasteiger partial charge < -0.3 is 20.9 Å². The first-order valence-electron chi connectivity index (χ1n) is 9.54. The molecule has 0 aliphatic rings. The Hall–Kier alpha value is -1.98. The molecule has 9 heteroatoms. The van der Waals surface area contributed by atoms with Crippen molar-refractivity contribution in [3.8, 4) is 5.75 Å². The van der Waals surface area contributed by atoms with E-state index in [1.165, 1.54) is 12.1 Å². The third kappa shape index (κ3) is 6.02. The van der Waals surface area contributed by atoms with E-state index in [4.69, 9.17) is 10.5 Å². The monoisotopic (exact) mass is 533 g/mol. The first-order valence-corrected chi connectivity index (χ1v) is 10.6. The van der Waals surface area contributed by atoms with Crippen LogP contribution in [0.1, 0.15) is 37.6 Å². The van der Waals surface area contributed by atoms with Gasteiger partial charge in [0.2, 0.25) is 0 Å². The summed E-state index contributed by atoms with van der Waals surface area (Å²) in [6.45, 7) is 6.83. The molecule has 0 bridgehead atoms. The minimum atomic E-state index is -1.13. The number of nitrogens with zero attached hydrogens (tertiary/aromatic N) is 1. The molecule has 1 atom stereocenters. The number of aliphatic hydroxyl groups is 1. The van der Waals surface area contributed by atoms with E-state index in [9.17, 15) is 18.7 Å². The van der Waals surface area contributed by atoms with Crippen molar-refractivity contribution in [1.29, 1.82) is 0 Å². The van der Waals surface area contributed by atoms with Crippen LogP contribution in [-0.2, 0) is 0 Å². The van der Waals surface area contributed by atoms with E-state index in [0.29, 0.717) is 16.7 Å². The second kappa shape index (κ2) is 10.4. The van der Waals surface area contributed by atoms with Gasteiger partial charge in [-0.3, -0.25) is 9.69 Å². The molecule has 0 heterocycles. The molecule has 1 amide bonds. The standard InChI is InChI=1S/C21H26F2IN3O3/c1-4-27(5-2)21(3,29)8-9-30-18-11-13(22)10-17(19(18)20(25)28)26-16-7-6-14(24)12-15(16)23/h6-7,10-12,26,29H,4-5,8-9H2,1-3H3,(H2,25,28). The predicted molar refractivity (Wildman–Crippen MR) is 121 cm³/mol. The van der Waals surface area contributed by atoms with Crippen LogP contribution >= 0.6 is 22.6 Å². The number of ether oxygens (including phenoxy) is 1. The molecule has 0 saturated heterocycles. The number of anilines is 2. The van der Waals surface area contributed by atoms with Crippen LogP contribution < -0.4 is 15.8 Å². The quantitative estimate of drug-likeness (QED) is 0.315. The molecule has 2 rings (SSSR count). The van der Waals surface area contributed by atoms with Crippen molar-refractivity contribution >= 4 is 39.9 Å². The largest absolute Gasteiger partial charge is 0.492 e. The summed E-state index contributed by atoms with van der Waals surface area (Å²) in [4.78, 5) is 13.9. The highest BCUT2D eigenvalue weighted by atomic mass is 127. The lowest BCUT2D eigenvalue weighted by Gasteiger charge is -2.35. The SMILES string of the molecule is CCN(CC)C(C)(O)CCOc1cc(F)cc(Nc2ccc(I)cc2F)c1C(N)=O. The molecule has 0 aliphatic carbocycles. The van der Waals surface area contributed by atoms with Crippen LogP contribution in [0.4, 0.5) is 20.2 Å². The summed E-state index contributed by atoms with van der Waals surface area (Å²) in [6.07, 6.45) is 0.220. The van der Waals surface area contributed by atoms with Gasteiger partial charge in [-0.1, -0.05) is 13.8 Å². The van der Waals surface area contributed by atoms with Crippen LogP contribution in [0.2, 0.25) is 0 Å². The zero-order valence-electron chi connectivity index (χ0n) is 17.1. The van der Waals surface area contributed by atoms with Crippen LogP contribution in [-0.4, -0.2) is 41.3 Å². The molecule has 0 aromatic heterocycles. The number of primary amides is 1. The number of hydrogen-bond donors (Lipinski definition) is 3. The van der Waals surface area contributed by atoms with E-state index in [1.54, 1.807) is 13.0 Å². The number of carbonyl (C=O) groups is 1. The number of halogens is 3. The first kappa shape index (κ1) is 24.3. The zero-order chi connectivity index (χ0) is 22.5. The van der Waals surface area contributed by atoms with Crippen LogP contribution in [0.5, 0.6) is 5.75 Å². The fourth-order valence-electron chi connectivity index (χ4n) is 3.20. The number of rotatable bonds is 10. The Morgan fingerprint density at radius 2 is 1.90 bits per heavy atom. The average molecular weight is 533 g/mol. The molecule has 164 valence electrons. The summed E-state index contributed by atoms with van der Waals surface area (Å²) in [5.41, 5.74) is 4.33. The summed E-state index contributed by atoms with van der Waals surface area (Å²) >= 11 is 1.97. The molecule has 2 aromatic rings. The van der Waals surface area contributed by atoms with Gasteiger partial charge >= 0.3 is 0 Å². The summed E-state index contributed by atoms with van der Waals surface area (Å²) in [5, 5.41) is 13.3. The van der Waals surface area contributed by atoms with E-state index in [0.717, 1.165) is 12.1 Å². The molecule has 4 N–H and O–H groups in total. The van der Waals surface area contributed by atoms with Crippen molar-refractivity contribution in [1.82, 2.24) is 4.90 Å². The molecule has 0 spiro atoms. The van der Waals surface area contributed by atoms with Gasteiger partial charge in [0, 0.05) is 16.1 Å². The molecule has 6 nitrogen and oxygen atoms in total. The average Bonchev–Trinajstić information content (AvgIpc) is 2.64. The van der Waals surface area contributed by atoms with Gasteiger partial charge in [-0.05, 0) is 66.9 Å². The van der Waals surface area contributed by atoms with E-state index < -0.39 is 23.3 Å². The van der Waals surface area contributed by atoms with Gasteiger partial charge in [-0.15, -0.1) is 0 Å². The van der Waals surface area contributed by atoms with Crippen molar-refractivity contribution in [2.75, 3.05) is 25.0 Å². The van der Waals surface area contributed by atoms with Gasteiger partial charge in [0.05, 0.1) is 18.0 Å². The van der Waals surface area contributed by atoms with Crippen molar-refractivity contribution in [2.45, 2.75) is 32.9 Å².